The zero-order valence-corrected chi connectivity index (χ0v) is 14.0. The average Bonchev–Trinajstić information content (AvgIpc) is 2.88. The molecule has 25 heavy (non-hydrogen) atoms. The van der Waals surface area contributed by atoms with Crippen LogP contribution in [0, 0.1) is 6.92 Å². The second-order valence-electron chi connectivity index (χ2n) is 6.02. The molecular weight excluding hydrogens is 314 g/mol. The van der Waals surface area contributed by atoms with Gasteiger partial charge in [0.15, 0.2) is 0 Å². The van der Waals surface area contributed by atoms with Crippen molar-refractivity contribution >= 4 is 17.4 Å². The first-order valence-corrected chi connectivity index (χ1v) is 8.06. The Hall–Kier alpha value is -3.14. The van der Waals surface area contributed by atoms with Gasteiger partial charge in [0, 0.05) is 12.1 Å². The molecule has 4 heteroatoms. The Morgan fingerprint density at radius 2 is 1.76 bits per heavy atom. The number of likely N-dealkylation sites (tertiary alicyclic amines) is 1. The number of rotatable bonds is 4. The lowest BCUT2D eigenvalue weighted by Gasteiger charge is -2.24. The van der Waals surface area contributed by atoms with Crippen LogP contribution < -0.4 is 0 Å². The third-order valence-corrected chi connectivity index (χ3v) is 4.31. The van der Waals surface area contributed by atoms with Crippen molar-refractivity contribution in [3.8, 4) is 0 Å². The molecular formula is C21H19NO3. The molecule has 126 valence electrons. The zero-order valence-electron chi connectivity index (χ0n) is 14.0. The number of hydrogen-bond acceptors (Lipinski definition) is 3. The SMILES string of the molecule is C=CCN1C(=O)C(=O)C(=C(O)c2ccc(C)cc2)[C@@H]1c1ccccc1. The molecule has 1 saturated heterocycles. The highest BCUT2D eigenvalue weighted by Gasteiger charge is 2.45. The number of Topliss-reactive ketones (excluding diaryl/α,β-unsaturated/α-hetero) is 1. The Bertz CT molecular complexity index is 850. The van der Waals surface area contributed by atoms with Crippen molar-refractivity contribution in [2.24, 2.45) is 0 Å². The molecule has 1 aliphatic rings. The number of benzene rings is 2. The van der Waals surface area contributed by atoms with Crippen LogP contribution in [0.5, 0.6) is 0 Å². The lowest BCUT2D eigenvalue weighted by Crippen LogP contribution is -2.29. The molecule has 1 amide bonds. The van der Waals surface area contributed by atoms with Crippen LogP contribution in [-0.4, -0.2) is 28.2 Å². The first kappa shape index (κ1) is 16.7. The van der Waals surface area contributed by atoms with E-state index in [-0.39, 0.29) is 17.9 Å². The van der Waals surface area contributed by atoms with Gasteiger partial charge in [-0.3, -0.25) is 9.59 Å². The molecule has 0 bridgehead atoms. The molecule has 1 N–H and O–H groups in total. The van der Waals surface area contributed by atoms with E-state index in [2.05, 4.69) is 6.58 Å². The lowest BCUT2D eigenvalue weighted by atomic mass is 9.95. The summed E-state index contributed by atoms with van der Waals surface area (Å²) in [5.41, 5.74) is 2.45. The number of aliphatic hydroxyl groups is 1. The van der Waals surface area contributed by atoms with E-state index in [0.717, 1.165) is 11.1 Å². The predicted molar refractivity (Wildman–Crippen MR) is 96.8 cm³/mol. The lowest BCUT2D eigenvalue weighted by molar-refractivity contribution is -0.139. The van der Waals surface area contributed by atoms with Crippen molar-refractivity contribution < 1.29 is 14.7 Å². The van der Waals surface area contributed by atoms with Crippen LogP contribution in [0.15, 0.2) is 72.8 Å². The molecule has 0 saturated carbocycles. The summed E-state index contributed by atoms with van der Waals surface area (Å²) in [5.74, 6) is -1.45. The van der Waals surface area contributed by atoms with Crippen LogP contribution in [0.3, 0.4) is 0 Å². The molecule has 0 aliphatic carbocycles. The van der Waals surface area contributed by atoms with Gasteiger partial charge in [0.2, 0.25) is 0 Å². The van der Waals surface area contributed by atoms with Crippen LogP contribution in [0.25, 0.3) is 5.76 Å². The quantitative estimate of drug-likeness (QED) is 0.402. The maximum Gasteiger partial charge on any atom is 0.295 e. The topological polar surface area (TPSA) is 57.6 Å². The molecule has 1 aliphatic heterocycles. The van der Waals surface area contributed by atoms with E-state index in [1.165, 1.54) is 4.90 Å². The van der Waals surface area contributed by atoms with Crippen molar-refractivity contribution in [3.63, 3.8) is 0 Å². The van der Waals surface area contributed by atoms with Crippen molar-refractivity contribution in [1.29, 1.82) is 0 Å². The van der Waals surface area contributed by atoms with Crippen LogP contribution in [0.1, 0.15) is 22.7 Å². The van der Waals surface area contributed by atoms with E-state index in [1.54, 1.807) is 18.2 Å². The average molecular weight is 333 g/mol. The van der Waals surface area contributed by atoms with Gasteiger partial charge >= 0.3 is 0 Å². The molecule has 3 rings (SSSR count). The fourth-order valence-corrected chi connectivity index (χ4v) is 3.06. The summed E-state index contributed by atoms with van der Waals surface area (Å²) < 4.78 is 0. The Balaban J connectivity index is 2.19. The van der Waals surface area contributed by atoms with E-state index in [0.29, 0.717) is 5.56 Å². The van der Waals surface area contributed by atoms with Gasteiger partial charge in [-0.1, -0.05) is 66.2 Å². The normalized spacial score (nSPS) is 19.2. The molecule has 1 heterocycles. The van der Waals surface area contributed by atoms with E-state index in [9.17, 15) is 14.7 Å². The first-order valence-electron chi connectivity index (χ1n) is 8.06. The van der Waals surface area contributed by atoms with Gasteiger partial charge in [0.05, 0.1) is 11.6 Å². The second-order valence-corrected chi connectivity index (χ2v) is 6.02. The molecule has 2 aromatic carbocycles. The summed E-state index contributed by atoms with van der Waals surface area (Å²) in [6.45, 7) is 5.84. The monoisotopic (exact) mass is 333 g/mol. The van der Waals surface area contributed by atoms with E-state index >= 15 is 0 Å². The molecule has 0 spiro atoms. The maximum absolute atomic E-state index is 12.6. The number of ketones is 1. The number of carbonyl (C=O) groups is 2. The summed E-state index contributed by atoms with van der Waals surface area (Å²) in [5, 5.41) is 10.8. The Morgan fingerprint density at radius 1 is 1.12 bits per heavy atom. The first-order chi connectivity index (χ1) is 12.0. The highest BCUT2D eigenvalue weighted by Crippen LogP contribution is 2.39. The standard InChI is InChI=1S/C21H19NO3/c1-3-13-22-18(15-7-5-4-6-8-15)17(20(24)21(22)25)19(23)16-11-9-14(2)10-12-16/h3-12,18,23H,1,13H2,2H3/t18-/m0/s1. The number of amides is 1. The molecule has 0 aromatic heterocycles. The number of carbonyl (C=O) groups excluding carboxylic acids is 2. The summed E-state index contributed by atoms with van der Waals surface area (Å²) in [7, 11) is 0. The van der Waals surface area contributed by atoms with Gasteiger partial charge in [-0.05, 0) is 12.5 Å². The largest absolute Gasteiger partial charge is 0.507 e. The third-order valence-electron chi connectivity index (χ3n) is 4.31. The van der Waals surface area contributed by atoms with Crippen molar-refractivity contribution in [2.45, 2.75) is 13.0 Å². The summed E-state index contributed by atoms with van der Waals surface area (Å²) >= 11 is 0. The molecule has 1 atom stereocenters. The zero-order chi connectivity index (χ0) is 18.0. The minimum atomic E-state index is -0.672. The van der Waals surface area contributed by atoms with Crippen molar-refractivity contribution in [1.82, 2.24) is 4.90 Å². The number of nitrogens with zero attached hydrogens (tertiary/aromatic N) is 1. The molecule has 0 unspecified atom stereocenters. The summed E-state index contributed by atoms with van der Waals surface area (Å²) in [6, 6.07) is 15.8. The van der Waals surface area contributed by atoms with Gasteiger partial charge in [-0.15, -0.1) is 6.58 Å². The van der Waals surface area contributed by atoms with Gasteiger partial charge < -0.3 is 10.0 Å². The Kier molecular flexibility index (Phi) is 4.52. The van der Waals surface area contributed by atoms with Gasteiger partial charge in [-0.25, -0.2) is 0 Å². The van der Waals surface area contributed by atoms with Crippen LogP contribution in [-0.2, 0) is 9.59 Å². The number of hydrogen-bond donors (Lipinski definition) is 1. The van der Waals surface area contributed by atoms with Gasteiger partial charge in [0.25, 0.3) is 11.7 Å². The van der Waals surface area contributed by atoms with Crippen molar-refractivity contribution in [2.75, 3.05) is 6.54 Å². The molecule has 2 aromatic rings. The van der Waals surface area contributed by atoms with Gasteiger partial charge in [-0.2, -0.15) is 0 Å². The molecule has 4 nitrogen and oxygen atoms in total. The summed E-state index contributed by atoms with van der Waals surface area (Å²) in [6.07, 6.45) is 1.58. The Morgan fingerprint density at radius 3 is 2.36 bits per heavy atom. The Labute approximate surface area is 146 Å². The minimum absolute atomic E-state index is 0.113. The number of aryl methyl sites for hydroxylation is 1. The fraction of sp³-hybridized carbons (Fsp3) is 0.143. The van der Waals surface area contributed by atoms with Crippen LogP contribution >= 0.6 is 0 Å². The smallest absolute Gasteiger partial charge is 0.295 e. The number of aliphatic hydroxyl groups excluding tert-OH is 1. The van der Waals surface area contributed by atoms with E-state index in [4.69, 9.17) is 0 Å². The van der Waals surface area contributed by atoms with Crippen molar-refractivity contribution in [3.05, 3.63) is 89.5 Å². The predicted octanol–water partition coefficient (Wildman–Crippen LogP) is 3.60. The van der Waals surface area contributed by atoms with Gasteiger partial charge in [0.1, 0.15) is 5.76 Å². The highest BCUT2D eigenvalue weighted by atomic mass is 16.3. The minimum Gasteiger partial charge on any atom is -0.507 e. The highest BCUT2D eigenvalue weighted by molar-refractivity contribution is 6.46. The second kappa shape index (κ2) is 6.77. The van der Waals surface area contributed by atoms with Crippen LogP contribution in [0.4, 0.5) is 0 Å². The van der Waals surface area contributed by atoms with E-state index < -0.39 is 17.7 Å². The molecule has 0 radical (unpaired) electrons. The fourth-order valence-electron chi connectivity index (χ4n) is 3.06. The van der Waals surface area contributed by atoms with E-state index in [1.807, 2.05) is 49.4 Å². The molecule has 1 fully saturated rings. The summed E-state index contributed by atoms with van der Waals surface area (Å²) in [4.78, 5) is 26.5. The third kappa shape index (κ3) is 2.98. The maximum atomic E-state index is 12.6. The van der Waals surface area contributed by atoms with Crippen LogP contribution in [0.2, 0.25) is 0 Å².